The van der Waals surface area contributed by atoms with Crippen molar-refractivity contribution in [2.24, 2.45) is 5.73 Å². The monoisotopic (exact) mass is 196 g/mol. The Morgan fingerprint density at radius 1 is 1.36 bits per heavy atom. The number of hydrogen-bond donors (Lipinski definition) is 1. The highest BCUT2D eigenvalue weighted by Crippen LogP contribution is 2.29. The van der Waals surface area contributed by atoms with Gasteiger partial charge < -0.3 is 10.2 Å². The molecule has 0 amide bonds. The number of rotatable bonds is 3. The van der Waals surface area contributed by atoms with Crippen LogP contribution in [0.25, 0.3) is 0 Å². The van der Waals surface area contributed by atoms with Crippen molar-refractivity contribution in [2.45, 2.75) is 32.4 Å². The first-order chi connectivity index (χ1) is 6.32. The molecular weight excluding hydrogens is 176 g/mol. The molecule has 2 N–H and O–H groups in total. The van der Waals surface area contributed by atoms with E-state index in [2.05, 4.69) is 4.90 Å². The Morgan fingerprint density at radius 3 is 2.21 bits per heavy atom. The second-order valence-corrected chi connectivity index (χ2v) is 4.64. The zero-order valence-corrected chi connectivity index (χ0v) is 9.66. The van der Waals surface area contributed by atoms with E-state index >= 15 is 0 Å². The van der Waals surface area contributed by atoms with Crippen LogP contribution in [0.5, 0.6) is 0 Å². The molecule has 0 fully saturated rings. The minimum absolute atomic E-state index is 0.108. The first-order valence-corrected chi connectivity index (χ1v) is 4.84. The molecule has 0 aromatic carbocycles. The summed E-state index contributed by atoms with van der Waals surface area (Å²) >= 11 is 0. The van der Waals surface area contributed by atoms with Crippen LogP contribution in [0.1, 0.15) is 31.4 Å². The van der Waals surface area contributed by atoms with Crippen molar-refractivity contribution in [3.8, 4) is 0 Å². The van der Waals surface area contributed by atoms with E-state index in [4.69, 9.17) is 10.2 Å². The van der Waals surface area contributed by atoms with Gasteiger partial charge in [-0.1, -0.05) is 0 Å². The molecule has 14 heavy (non-hydrogen) atoms. The van der Waals surface area contributed by atoms with E-state index < -0.39 is 0 Å². The summed E-state index contributed by atoms with van der Waals surface area (Å²) in [4.78, 5) is 2.08. The number of nitrogens with two attached hydrogens (primary N) is 1. The standard InChI is InChI=1S/C11H20N2O/c1-8-6-7-9(14-8)10(13(4)5)11(2,3)12/h6-7,10H,12H2,1-5H3. The first kappa shape index (κ1) is 11.3. The van der Waals surface area contributed by atoms with Crippen molar-refractivity contribution < 1.29 is 4.42 Å². The molecule has 1 atom stereocenters. The van der Waals surface area contributed by atoms with Crippen LogP contribution in [0, 0.1) is 6.92 Å². The normalized spacial score (nSPS) is 14.8. The lowest BCUT2D eigenvalue weighted by Gasteiger charge is -2.34. The van der Waals surface area contributed by atoms with Gasteiger partial charge in [0.15, 0.2) is 0 Å². The molecule has 1 unspecified atom stereocenters. The minimum atomic E-state index is -0.312. The summed E-state index contributed by atoms with van der Waals surface area (Å²) in [6, 6.07) is 4.07. The van der Waals surface area contributed by atoms with Gasteiger partial charge in [-0.15, -0.1) is 0 Å². The van der Waals surface area contributed by atoms with Crippen molar-refractivity contribution in [1.29, 1.82) is 0 Å². The summed E-state index contributed by atoms with van der Waals surface area (Å²) in [6.07, 6.45) is 0. The largest absolute Gasteiger partial charge is 0.465 e. The maximum atomic E-state index is 6.12. The van der Waals surface area contributed by atoms with E-state index in [1.807, 2.05) is 47.0 Å². The highest BCUT2D eigenvalue weighted by atomic mass is 16.3. The average molecular weight is 196 g/mol. The van der Waals surface area contributed by atoms with E-state index in [-0.39, 0.29) is 11.6 Å². The van der Waals surface area contributed by atoms with E-state index in [1.54, 1.807) is 0 Å². The summed E-state index contributed by atoms with van der Waals surface area (Å²) in [7, 11) is 4.02. The number of aryl methyl sites for hydroxylation is 1. The second kappa shape index (κ2) is 3.75. The van der Waals surface area contributed by atoms with Gasteiger partial charge in [-0.3, -0.25) is 4.90 Å². The molecule has 0 spiro atoms. The van der Waals surface area contributed by atoms with Gasteiger partial charge in [0, 0.05) is 5.54 Å². The van der Waals surface area contributed by atoms with Gasteiger partial charge in [0.05, 0.1) is 6.04 Å². The highest BCUT2D eigenvalue weighted by molar-refractivity contribution is 5.13. The molecule has 0 aliphatic carbocycles. The van der Waals surface area contributed by atoms with Crippen LogP contribution < -0.4 is 5.73 Å². The van der Waals surface area contributed by atoms with Gasteiger partial charge in [0.1, 0.15) is 11.5 Å². The topological polar surface area (TPSA) is 42.4 Å². The van der Waals surface area contributed by atoms with Crippen LogP contribution in [0.15, 0.2) is 16.5 Å². The lowest BCUT2D eigenvalue weighted by atomic mass is 9.93. The van der Waals surface area contributed by atoms with Crippen molar-refractivity contribution in [3.63, 3.8) is 0 Å². The Bertz CT molecular complexity index is 296. The summed E-state index contributed by atoms with van der Waals surface area (Å²) in [5, 5.41) is 0. The fourth-order valence-electron chi connectivity index (χ4n) is 1.89. The summed E-state index contributed by atoms with van der Waals surface area (Å²) in [6.45, 7) is 5.96. The summed E-state index contributed by atoms with van der Waals surface area (Å²) < 4.78 is 5.61. The zero-order valence-electron chi connectivity index (χ0n) is 9.66. The second-order valence-electron chi connectivity index (χ2n) is 4.64. The molecular formula is C11H20N2O. The summed E-state index contributed by atoms with van der Waals surface area (Å²) in [5.74, 6) is 1.86. The van der Waals surface area contributed by atoms with Crippen LogP contribution >= 0.6 is 0 Å². The SMILES string of the molecule is Cc1ccc(C(N(C)C)C(C)(C)N)o1. The molecule has 0 radical (unpaired) electrons. The molecule has 80 valence electrons. The number of furan rings is 1. The number of likely N-dealkylation sites (N-methyl/N-ethyl adjacent to an activating group) is 1. The van der Waals surface area contributed by atoms with Crippen LogP contribution in [-0.4, -0.2) is 24.5 Å². The van der Waals surface area contributed by atoms with Crippen molar-refractivity contribution in [3.05, 3.63) is 23.7 Å². The Balaban J connectivity index is 3.01. The van der Waals surface area contributed by atoms with Crippen LogP contribution in [0.3, 0.4) is 0 Å². The Kier molecular flexibility index (Phi) is 3.02. The molecule has 0 bridgehead atoms. The predicted molar refractivity (Wildman–Crippen MR) is 58.1 cm³/mol. The average Bonchev–Trinajstić information content (AvgIpc) is 2.31. The predicted octanol–water partition coefficient (Wildman–Crippen LogP) is 1.93. The maximum absolute atomic E-state index is 6.12. The lowest BCUT2D eigenvalue weighted by molar-refractivity contribution is 0.175. The van der Waals surface area contributed by atoms with Crippen LogP contribution in [0.2, 0.25) is 0 Å². The summed E-state index contributed by atoms with van der Waals surface area (Å²) in [5.41, 5.74) is 5.81. The Hall–Kier alpha value is -0.800. The third kappa shape index (κ3) is 2.36. The van der Waals surface area contributed by atoms with Gasteiger partial charge in [0.2, 0.25) is 0 Å². The van der Waals surface area contributed by atoms with Gasteiger partial charge in [0.25, 0.3) is 0 Å². The molecule has 0 saturated carbocycles. The molecule has 0 saturated heterocycles. The molecule has 1 aromatic rings. The molecule has 3 nitrogen and oxygen atoms in total. The van der Waals surface area contributed by atoms with Crippen molar-refractivity contribution in [2.75, 3.05) is 14.1 Å². The van der Waals surface area contributed by atoms with E-state index in [0.29, 0.717) is 0 Å². The Morgan fingerprint density at radius 2 is 1.93 bits per heavy atom. The van der Waals surface area contributed by atoms with Crippen molar-refractivity contribution >= 4 is 0 Å². The van der Waals surface area contributed by atoms with Crippen LogP contribution in [-0.2, 0) is 0 Å². The fourth-order valence-corrected chi connectivity index (χ4v) is 1.89. The van der Waals surface area contributed by atoms with E-state index in [1.165, 1.54) is 0 Å². The third-order valence-corrected chi connectivity index (χ3v) is 2.25. The highest BCUT2D eigenvalue weighted by Gasteiger charge is 2.31. The van der Waals surface area contributed by atoms with E-state index in [0.717, 1.165) is 11.5 Å². The maximum Gasteiger partial charge on any atom is 0.123 e. The van der Waals surface area contributed by atoms with Gasteiger partial charge in [-0.05, 0) is 47.0 Å². The molecule has 1 aromatic heterocycles. The first-order valence-electron chi connectivity index (χ1n) is 4.84. The Labute approximate surface area is 85.9 Å². The molecule has 3 heteroatoms. The number of hydrogen-bond acceptors (Lipinski definition) is 3. The fraction of sp³-hybridized carbons (Fsp3) is 0.636. The molecule has 0 aliphatic heterocycles. The quantitative estimate of drug-likeness (QED) is 0.803. The lowest BCUT2D eigenvalue weighted by Crippen LogP contribution is -2.45. The van der Waals surface area contributed by atoms with Gasteiger partial charge >= 0.3 is 0 Å². The number of nitrogens with zero attached hydrogens (tertiary/aromatic N) is 1. The van der Waals surface area contributed by atoms with Gasteiger partial charge in [-0.2, -0.15) is 0 Å². The smallest absolute Gasteiger partial charge is 0.123 e. The third-order valence-electron chi connectivity index (χ3n) is 2.25. The molecule has 1 rings (SSSR count). The van der Waals surface area contributed by atoms with Crippen molar-refractivity contribution in [1.82, 2.24) is 4.90 Å². The minimum Gasteiger partial charge on any atom is -0.465 e. The van der Waals surface area contributed by atoms with E-state index in [9.17, 15) is 0 Å². The molecule has 0 aliphatic rings. The zero-order chi connectivity index (χ0) is 10.9. The van der Waals surface area contributed by atoms with Gasteiger partial charge in [-0.25, -0.2) is 0 Å². The van der Waals surface area contributed by atoms with Crippen LogP contribution in [0.4, 0.5) is 0 Å². The molecule has 1 heterocycles.